The molecule has 1 heterocycles. The Morgan fingerprint density at radius 2 is 2.06 bits per heavy atom. The van der Waals surface area contributed by atoms with Crippen molar-refractivity contribution in [3.8, 4) is 22.9 Å². The largest absolute Gasteiger partial charge is 0.495 e. The molecule has 0 N–H and O–H groups in total. The zero-order chi connectivity index (χ0) is 13.1. The minimum absolute atomic E-state index is 0.452. The monoisotopic (exact) mass is 350 g/mol. The summed E-state index contributed by atoms with van der Waals surface area (Å²) in [5, 5.41) is 9.06. The van der Waals surface area contributed by atoms with Crippen LogP contribution in [0.15, 0.2) is 30.6 Å². The number of aryl methyl sites for hydroxylation is 1. The summed E-state index contributed by atoms with van der Waals surface area (Å²) in [6, 6.07) is 8.24. The third-order valence-corrected chi connectivity index (χ3v) is 3.37. The summed E-state index contributed by atoms with van der Waals surface area (Å²) in [6.07, 6.45) is 3.25. The summed E-state index contributed by atoms with van der Waals surface area (Å²) in [4.78, 5) is 4.10. The highest BCUT2D eigenvalue weighted by Gasteiger charge is 2.13. The topological polar surface area (TPSA) is 45.9 Å². The van der Waals surface area contributed by atoms with Gasteiger partial charge in [0.1, 0.15) is 17.4 Å². The first-order valence-electron chi connectivity index (χ1n) is 5.36. The van der Waals surface area contributed by atoms with Gasteiger partial charge in [0.2, 0.25) is 0 Å². The Bertz CT molecular complexity index is 632. The molecule has 4 heteroatoms. The first-order valence-corrected chi connectivity index (χ1v) is 6.44. The van der Waals surface area contributed by atoms with E-state index < -0.39 is 0 Å². The van der Waals surface area contributed by atoms with Crippen molar-refractivity contribution in [1.29, 1.82) is 5.26 Å². The Labute approximate surface area is 120 Å². The van der Waals surface area contributed by atoms with Crippen LogP contribution in [0.2, 0.25) is 0 Å². The van der Waals surface area contributed by atoms with Crippen molar-refractivity contribution >= 4 is 22.6 Å². The van der Waals surface area contributed by atoms with Crippen molar-refractivity contribution in [2.24, 2.45) is 0 Å². The molecule has 1 aromatic carbocycles. The zero-order valence-corrected chi connectivity index (χ0v) is 12.2. The molecule has 0 aliphatic carbocycles. The predicted octanol–water partition coefficient (Wildman–Crippen LogP) is 3.54. The summed E-state index contributed by atoms with van der Waals surface area (Å²) in [5.41, 5.74) is 3.48. The fourth-order valence-electron chi connectivity index (χ4n) is 1.87. The molecule has 0 aliphatic rings. The molecule has 0 aliphatic heterocycles. The molecule has 0 radical (unpaired) electrons. The SMILES string of the molecule is COc1c(C#N)cncc1-c1ccc(I)cc1C. The second-order valence-corrected chi connectivity index (χ2v) is 5.08. The zero-order valence-electron chi connectivity index (χ0n) is 10.1. The van der Waals surface area contributed by atoms with E-state index in [4.69, 9.17) is 10.00 Å². The van der Waals surface area contributed by atoms with Crippen LogP contribution < -0.4 is 4.74 Å². The van der Waals surface area contributed by atoms with Crippen molar-refractivity contribution in [3.63, 3.8) is 0 Å². The number of nitriles is 1. The van der Waals surface area contributed by atoms with Gasteiger partial charge >= 0.3 is 0 Å². The van der Waals surface area contributed by atoms with Gasteiger partial charge in [-0.05, 0) is 52.8 Å². The smallest absolute Gasteiger partial charge is 0.147 e. The fraction of sp³-hybridized carbons (Fsp3) is 0.143. The van der Waals surface area contributed by atoms with Crippen LogP contribution in [0.3, 0.4) is 0 Å². The molecule has 2 aromatic rings. The number of hydrogen-bond acceptors (Lipinski definition) is 3. The maximum atomic E-state index is 9.06. The van der Waals surface area contributed by atoms with Gasteiger partial charge < -0.3 is 4.74 Å². The number of methoxy groups -OCH3 is 1. The van der Waals surface area contributed by atoms with E-state index in [1.54, 1.807) is 13.3 Å². The minimum Gasteiger partial charge on any atom is -0.495 e. The Balaban J connectivity index is 2.68. The van der Waals surface area contributed by atoms with E-state index in [1.165, 1.54) is 9.77 Å². The van der Waals surface area contributed by atoms with Crippen LogP contribution in [0, 0.1) is 21.8 Å². The third kappa shape index (κ3) is 2.31. The molecule has 0 fully saturated rings. The molecule has 1 aromatic heterocycles. The van der Waals surface area contributed by atoms with Crippen molar-refractivity contribution < 1.29 is 4.74 Å². The standard InChI is InChI=1S/C14H11IN2O/c1-9-5-11(15)3-4-12(9)13-8-17-7-10(6-16)14(13)18-2/h3-5,7-8H,1-2H3. The lowest BCUT2D eigenvalue weighted by molar-refractivity contribution is 0.414. The van der Waals surface area contributed by atoms with Gasteiger partial charge in [-0.1, -0.05) is 6.07 Å². The molecule has 0 unspecified atom stereocenters. The van der Waals surface area contributed by atoms with Crippen LogP contribution >= 0.6 is 22.6 Å². The van der Waals surface area contributed by atoms with E-state index in [0.717, 1.165) is 16.7 Å². The van der Waals surface area contributed by atoms with Crippen LogP contribution in [-0.4, -0.2) is 12.1 Å². The number of rotatable bonds is 2. The van der Waals surface area contributed by atoms with E-state index in [-0.39, 0.29) is 0 Å². The van der Waals surface area contributed by atoms with Crippen LogP contribution in [0.25, 0.3) is 11.1 Å². The van der Waals surface area contributed by atoms with Crippen LogP contribution in [0.5, 0.6) is 5.75 Å². The number of halogens is 1. The highest BCUT2D eigenvalue weighted by atomic mass is 127. The molecule has 18 heavy (non-hydrogen) atoms. The van der Waals surface area contributed by atoms with E-state index in [9.17, 15) is 0 Å². The molecular weight excluding hydrogens is 339 g/mol. The predicted molar refractivity (Wildman–Crippen MR) is 78.4 cm³/mol. The van der Waals surface area contributed by atoms with Crippen molar-refractivity contribution in [3.05, 3.63) is 45.3 Å². The Hall–Kier alpha value is -1.61. The van der Waals surface area contributed by atoms with Crippen molar-refractivity contribution in [1.82, 2.24) is 4.98 Å². The quantitative estimate of drug-likeness (QED) is 0.779. The summed E-state index contributed by atoms with van der Waals surface area (Å²) < 4.78 is 6.52. The molecule has 3 nitrogen and oxygen atoms in total. The van der Waals surface area contributed by atoms with Crippen molar-refractivity contribution in [2.75, 3.05) is 7.11 Å². The van der Waals surface area contributed by atoms with E-state index in [1.807, 2.05) is 19.1 Å². The first kappa shape index (κ1) is 12.8. The normalized spacial score (nSPS) is 9.89. The van der Waals surface area contributed by atoms with Gasteiger partial charge in [0.25, 0.3) is 0 Å². The number of hydrogen-bond donors (Lipinski definition) is 0. The van der Waals surface area contributed by atoms with Crippen molar-refractivity contribution in [2.45, 2.75) is 6.92 Å². The lowest BCUT2D eigenvalue weighted by Crippen LogP contribution is -1.95. The second-order valence-electron chi connectivity index (χ2n) is 3.84. The van der Waals surface area contributed by atoms with Gasteiger partial charge in [-0.2, -0.15) is 5.26 Å². The Morgan fingerprint density at radius 1 is 1.28 bits per heavy atom. The Kier molecular flexibility index (Phi) is 3.82. The third-order valence-electron chi connectivity index (χ3n) is 2.70. The summed E-state index contributed by atoms with van der Waals surface area (Å²) >= 11 is 2.27. The summed E-state index contributed by atoms with van der Waals surface area (Å²) in [6.45, 7) is 2.04. The molecule has 0 saturated heterocycles. The number of nitrogens with zero attached hydrogens (tertiary/aromatic N) is 2. The Morgan fingerprint density at radius 3 is 2.67 bits per heavy atom. The highest BCUT2D eigenvalue weighted by molar-refractivity contribution is 14.1. The van der Waals surface area contributed by atoms with Gasteiger partial charge in [-0.15, -0.1) is 0 Å². The van der Waals surface area contributed by atoms with E-state index >= 15 is 0 Å². The van der Waals surface area contributed by atoms with Gasteiger partial charge in [-0.25, -0.2) is 0 Å². The average Bonchev–Trinajstić information content (AvgIpc) is 2.37. The minimum atomic E-state index is 0.452. The van der Waals surface area contributed by atoms with Crippen LogP contribution in [-0.2, 0) is 0 Å². The number of ether oxygens (including phenoxy) is 1. The summed E-state index contributed by atoms with van der Waals surface area (Å²) in [5.74, 6) is 0.580. The molecule has 0 atom stereocenters. The van der Waals surface area contributed by atoms with Crippen LogP contribution in [0.1, 0.15) is 11.1 Å². The van der Waals surface area contributed by atoms with Crippen LogP contribution in [0.4, 0.5) is 0 Å². The number of benzene rings is 1. The maximum absolute atomic E-state index is 9.06. The molecule has 0 saturated carbocycles. The van der Waals surface area contributed by atoms with Gasteiger partial charge in [0, 0.05) is 21.5 Å². The maximum Gasteiger partial charge on any atom is 0.147 e. The molecule has 0 bridgehead atoms. The van der Waals surface area contributed by atoms with Gasteiger partial charge in [-0.3, -0.25) is 4.98 Å². The lowest BCUT2D eigenvalue weighted by Gasteiger charge is -2.11. The molecular formula is C14H11IN2O. The molecule has 0 spiro atoms. The molecule has 2 rings (SSSR count). The van der Waals surface area contributed by atoms with Gasteiger partial charge in [0.05, 0.1) is 7.11 Å². The number of pyridine rings is 1. The molecule has 90 valence electrons. The van der Waals surface area contributed by atoms with Gasteiger partial charge in [0.15, 0.2) is 0 Å². The highest BCUT2D eigenvalue weighted by Crippen LogP contribution is 2.34. The van der Waals surface area contributed by atoms with E-state index in [2.05, 4.69) is 39.7 Å². The summed E-state index contributed by atoms with van der Waals surface area (Å²) in [7, 11) is 1.57. The fourth-order valence-corrected chi connectivity index (χ4v) is 2.52. The first-order chi connectivity index (χ1) is 8.67. The number of aromatic nitrogens is 1. The average molecular weight is 350 g/mol. The lowest BCUT2D eigenvalue weighted by atomic mass is 10.00. The molecule has 0 amide bonds. The second kappa shape index (κ2) is 5.36. The van der Waals surface area contributed by atoms with E-state index in [0.29, 0.717) is 11.3 Å².